The molecule has 10 heteroatoms. The molecule has 0 unspecified atom stereocenters. The molecule has 2 aromatic heterocycles. The van der Waals surface area contributed by atoms with E-state index in [9.17, 15) is 4.79 Å². The Hall–Kier alpha value is -1.71. The van der Waals surface area contributed by atoms with Crippen LogP contribution in [0.4, 0.5) is 5.13 Å². The van der Waals surface area contributed by atoms with Crippen LogP contribution in [0.15, 0.2) is 24.4 Å². The van der Waals surface area contributed by atoms with Crippen LogP contribution >= 0.6 is 35.3 Å². The lowest BCUT2D eigenvalue weighted by molar-refractivity contribution is 0.0391. The summed E-state index contributed by atoms with van der Waals surface area (Å²) < 4.78 is 7.95. The number of hydrogen-bond donors (Lipinski definition) is 0. The highest BCUT2D eigenvalue weighted by atomic mass is 35.5. The second-order valence-electron chi connectivity index (χ2n) is 6.82. The first-order valence-corrected chi connectivity index (χ1v) is 10.4. The number of carbonyl (C=O) groups is 1. The summed E-state index contributed by atoms with van der Waals surface area (Å²) in [6.07, 6.45) is 1.77. The second-order valence-corrected chi connectivity index (χ2v) is 8.21. The van der Waals surface area contributed by atoms with E-state index in [4.69, 9.17) is 21.3 Å². The van der Waals surface area contributed by atoms with Gasteiger partial charge in [-0.3, -0.25) is 19.3 Å². The summed E-state index contributed by atoms with van der Waals surface area (Å²) in [5.74, 6) is -0.151. The fourth-order valence-electron chi connectivity index (χ4n) is 3.22. The van der Waals surface area contributed by atoms with Crippen LogP contribution < -0.4 is 4.90 Å². The number of carbonyl (C=O) groups excluding carboxylic acids is 1. The van der Waals surface area contributed by atoms with Crippen LogP contribution in [0.25, 0.3) is 10.2 Å². The predicted octanol–water partition coefficient (Wildman–Crippen LogP) is 3.39. The molecule has 29 heavy (non-hydrogen) atoms. The molecule has 1 amide bonds. The van der Waals surface area contributed by atoms with Gasteiger partial charge in [-0.25, -0.2) is 4.98 Å². The molecule has 1 aliphatic rings. The molecule has 0 N–H and O–H groups in total. The third-order valence-electron chi connectivity index (χ3n) is 4.84. The lowest BCUT2D eigenvalue weighted by Crippen LogP contribution is -2.43. The molecule has 156 valence electrons. The molecule has 0 radical (unpaired) electrons. The minimum atomic E-state index is -0.151. The number of ether oxygens (including phenoxy) is 1. The quantitative estimate of drug-likeness (QED) is 0.589. The number of benzene rings is 1. The van der Waals surface area contributed by atoms with Crippen LogP contribution in [-0.4, -0.2) is 65.0 Å². The Kier molecular flexibility index (Phi) is 7.13. The summed E-state index contributed by atoms with van der Waals surface area (Å²) in [7, 11) is 1.80. The van der Waals surface area contributed by atoms with Gasteiger partial charge in [0.2, 0.25) is 0 Å². The number of thiazole rings is 1. The Morgan fingerprint density at radius 2 is 2.07 bits per heavy atom. The lowest BCUT2D eigenvalue weighted by atomic mass is 10.2. The molecule has 3 aromatic rings. The third kappa shape index (κ3) is 4.73. The van der Waals surface area contributed by atoms with E-state index in [2.05, 4.69) is 10.00 Å². The van der Waals surface area contributed by atoms with Gasteiger partial charge in [0.1, 0.15) is 0 Å². The van der Waals surface area contributed by atoms with Crippen molar-refractivity contribution >= 4 is 56.6 Å². The van der Waals surface area contributed by atoms with E-state index in [1.165, 1.54) is 11.3 Å². The topological polar surface area (TPSA) is 63.5 Å². The van der Waals surface area contributed by atoms with E-state index in [1.807, 2.05) is 19.1 Å². The van der Waals surface area contributed by atoms with Gasteiger partial charge in [0.15, 0.2) is 10.8 Å². The normalized spacial score (nSPS) is 14.7. The van der Waals surface area contributed by atoms with E-state index in [0.29, 0.717) is 22.4 Å². The number of fused-ring (bicyclic) bond motifs is 1. The molecule has 7 nitrogen and oxygen atoms in total. The fraction of sp³-hybridized carbons (Fsp3) is 0.421. The van der Waals surface area contributed by atoms with Gasteiger partial charge in [-0.05, 0) is 24.6 Å². The molecular weight excluding hydrogens is 433 g/mol. The summed E-state index contributed by atoms with van der Waals surface area (Å²) in [5, 5.41) is 5.59. The first-order valence-electron chi connectivity index (χ1n) is 9.20. The summed E-state index contributed by atoms with van der Waals surface area (Å²) in [6, 6.07) is 5.56. The maximum absolute atomic E-state index is 13.2. The van der Waals surface area contributed by atoms with Crippen LogP contribution in [0.5, 0.6) is 0 Å². The standard InChI is InChI=1S/C19H22ClN5O2S.ClH/c1-13-3-4-14(20)17-16(13)21-19(28-17)25(8-7-24-9-11-27-12-10-24)18(26)15-5-6-23(2)22-15;/h3-6H,7-12H2,1-2H3;1H. The minimum absolute atomic E-state index is 0. The molecule has 3 heterocycles. The van der Waals surface area contributed by atoms with Crippen LogP contribution in [0, 0.1) is 6.92 Å². The number of aryl methyl sites for hydroxylation is 2. The van der Waals surface area contributed by atoms with E-state index >= 15 is 0 Å². The number of morpholine rings is 1. The highest BCUT2D eigenvalue weighted by Gasteiger charge is 2.25. The van der Waals surface area contributed by atoms with Gasteiger partial charge in [0, 0.05) is 39.4 Å². The lowest BCUT2D eigenvalue weighted by Gasteiger charge is -2.29. The summed E-state index contributed by atoms with van der Waals surface area (Å²) in [5.41, 5.74) is 2.30. The number of rotatable bonds is 5. The van der Waals surface area contributed by atoms with Crippen molar-refractivity contribution in [2.24, 2.45) is 7.05 Å². The van der Waals surface area contributed by atoms with Crippen molar-refractivity contribution in [3.63, 3.8) is 0 Å². The van der Waals surface area contributed by atoms with Crippen molar-refractivity contribution in [1.29, 1.82) is 0 Å². The highest BCUT2D eigenvalue weighted by Crippen LogP contribution is 2.36. The van der Waals surface area contributed by atoms with Gasteiger partial charge in [-0.15, -0.1) is 12.4 Å². The predicted molar refractivity (Wildman–Crippen MR) is 119 cm³/mol. The Morgan fingerprint density at radius 3 is 2.72 bits per heavy atom. The maximum atomic E-state index is 13.2. The molecule has 0 bridgehead atoms. The van der Waals surface area contributed by atoms with E-state index in [1.54, 1.807) is 28.9 Å². The van der Waals surface area contributed by atoms with Crippen molar-refractivity contribution in [2.75, 3.05) is 44.3 Å². The summed E-state index contributed by atoms with van der Waals surface area (Å²) in [4.78, 5) is 22.0. The van der Waals surface area contributed by atoms with Crippen molar-refractivity contribution in [3.8, 4) is 0 Å². The zero-order valence-corrected chi connectivity index (χ0v) is 18.7. The van der Waals surface area contributed by atoms with E-state index in [0.717, 1.165) is 48.6 Å². The maximum Gasteiger partial charge on any atom is 0.280 e. The summed E-state index contributed by atoms with van der Waals surface area (Å²) in [6.45, 7) is 6.48. The molecule has 1 fully saturated rings. The Bertz CT molecular complexity index is 961. The molecule has 1 aromatic carbocycles. The van der Waals surface area contributed by atoms with Gasteiger partial charge < -0.3 is 4.74 Å². The molecule has 4 rings (SSSR count). The minimum Gasteiger partial charge on any atom is -0.379 e. The van der Waals surface area contributed by atoms with Crippen LogP contribution in [0.2, 0.25) is 5.02 Å². The summed E-state index contributed by atoms with van der Waals surface area (Å²) >= 11 is 7.82. The highest BCUT2D eigenvalue weighted by molar-refractivity contribution is 7.23. The van der Waals surface area contributed by atoms with Crippen LogP contribution in [0.3, 0.4) is 0 Å². The zero-order chi connectivity index (χ0) is 19.7. The molecule has 0 saturated carbocycles. The van der Waals surface area contributed by atoms with Gasteiger partial charge in [-0.2, -0.15) is 5.10 Å². The zero-order valence-electron chi connectivity index (χ0n) is 16.3. The van der Waals surface area contributed by atoms with Crippen LogP contribution in [0.1, 0.15) is 16.1 Å². The number of aromatic nitrogens is 3. The Morgan fingerprint density at radius 1 is 1.31 bits per heavy atom. The SMILES string of the molecule is Cc1ccc(Cl)c2sc(N(CCN3CCOCC3)C(=O)c3ccn(C)n3)nc12.Cl. The molecule has 1 saturated heterocycles. The second kappa shape index (κ2) is 9.40. The van der Waals surface area contributed by atoms with Gasteiger partial charge >= 0.3 is 0 Å². The smallest absolute Gasteiger partial charge is 0.280 e. The first-order chi connectivity index (χ1) is 13.5. The van der Waals surface area contributed by atoms with Crippen LogP contribution in [-0.2, 0) is 11.8 Å². The monoisotopic (exact) mass is 455 g/mol. The number of hydrogen-bond acceptors (Lipinski definition) is 6. The van der Waals surface area contributed by atoms with Crippen molar-refractivity contribution < 1.29 is 9.53 Å². The Labute approximate surface area is 184 Å². The van der Waals surface area contributed by atoms with Gasteiger partial charge in [0.05, 0.1) is 28.5 Å². The van der Waals surface area contributed by atoms with Gasteiger partial charge in [-0.1, -0.05) is 29.0 Å². The van der Waals surface area contributed by atoms with Crippen molar-refractivity contribution in [2.45, 2.75) is 6.92 Å². The fourth-order valence-corrected chi connectivity index (χ4v) is 4.56. The van der Waals surface area contributed by atoms with E-state index in [-0.39, 0.29) is 18.3 Å². The molecule has 0 atom stereocenters. The molecular formula is C19H23Cl2N5O2S. The molecule has 0 spiro atoms. The Balaban J connectivity index is 0.00000240. The average molecular weight is 456 g/mol. The molecule has 0 aliphatic carbocycles. The number of amides is 1. The largest absolute Gasteiger partial charge is 0.379 e. The van der Waals surface area contributed by atoms with E-state index < -0.39 is 0 Å². The van der Waals surface area contributed by atoms with Crippen molar-refractivity contribution in [1.82, 2.24) is 19.7 Å². The molecule has 1 aliphatic heterocycles. The van der Waals surface area contributed by atoms with Gasteiger partial charge in [0.25, 0.3) is 5.91 Å². The van der Waals surface area contributed by atoms with Crippen molar-refractivity contribution in [3.05, 3.63) is 40.7 Å². The number of halogens is 2. The third-order valence-corrected chi connectivity index (χ3v) is 6.38. The number of nitrogens with zero attached hydrogens (tertiary/aromatic N) is 5. The number of anilines is 1. The first kappa shape index (κ1) is 22.0. The average Bonchev–Trinajstić information content (AvgIpc) is 3.33.